The molecule has 3 N–H and O–H groups in total. The Labute approximate surface area is 196 Å². The summed E-state index contributed by atoms with van der Waals surface area (Å²) in [6.45, 7) is 0.521. The van der Waals surface area contributed by atoms with Crippen LogP contribution in [0, 0.1) is 5.92 Å². The molecular formula is C26H26N2O6. The minimum absolute atomic E-state index is 0.0217. The normalized spacial score (nSPS) is 24.9. The summed E-state index contributed by atoms with van der Waals surface area (Å²) in [5.74, 6) is -1.82. The molecule has 1 aliphatic heterocycles. The number of fused-ring (bicyclic) bond motifs is 3. The van der Waals surface area contributed by atoms with Gasteiger partial charge in [-0.05, 0) is 35.1 Å². The summed E-state index contributed by atoms with van der Waals surface area (Å²) in [7, 11) is 0. The molecule has 3 aliphatic rings. The van der Waals surface area contributed by atoms with Gasteiger partial charge in [-0.25, -0.2) is 9.59 Å². The first kappa shape index (κ1) is 22.2. The fourth-order valence-electron chi connectivity index (χ4n) is 5.06. The highest BCUT2D eigenvalue weighted by atomic mass is 16.5. The average molecular weight is 463 g/mol. The van der Waals surface area contributed by atoms with Crippen LogP contribution in [0.4, 0.5) is 4.79 Å². The molecule has 0 saturated carbocycles. The van der Waals surface area contributed by atoms with E-state index in [1.54, 1.807) is 12.2 Å². The van der Waals surface area contributed by atoms with Gasteiger partial charge in [0.2, 0.25) is 5.91 Å². The maximum Gasteiger partial charge on any atom is 0.407 e. The fourth-order valence-corrected chi connectivity index (χ4v) is 5.06. The third-order valence-electron chi connectivity index (χ3n) is 6.73. The SMILES string of the molecule is O=C(NC1C=CC(C(=O)NC2CCOC2C(=O)O)C1)OCC1c2ccccc2-c2ccccc21. The molecule has 5 rings (SSSR count). The van der Waals surface area contributed by atoms with Crippen LogP contribution >= 0.6 is 0 Å². The Morgan fingerprint density at radius 2 is 1.65 bits per heavy atom. The van der Waals surface area contributed by atoms with Gasteiger partial charge in [-0.15, -0.1) is 0 Å². The van der Waals surface area contributed by atoms with E-state index in [-0.39, 0.29) is 24.5 Å². The van der Waals surface area contributed by atoms with Crippen molar-refractivity contribution in [3.05, 3.63) is 71.8 Å². The Morgan fingerprint density at radius 3 is 2.32 bits per heavy atom. The van der Waals surface area contributed by atoms with E-state index in [0.717, 1.165) is 22.3 Å². The number of benzene rings is 2. The third kappa shape index (κ3) is 4.28. The van der Waals surface area contributed by atoms with Crippen LogP contribution in [0.15, 0.2) is 60.7 Å². The first-order chi connectivity index (χ1) is 16.5. The van der Waals surface area contributed by atoms with E-state index in [9.17, 15) is 19.5 Å². The third-order valence-corrected chi connectivity index (χ3v) is 6.73. The monoisotopic (exact) mass is 462 g/mol. The minimum Gasteiger partial charge on any atom is -0.479 e. The van der Waals surface area contributed by atoms with Crippen molar-refractivity contribution in [2.24, 2.45) is 5.92 Å². The number of hydrogen-bond donors (Lipinski definition) is 3. The smallest absolute Gasteiger partial charge is 0.407 e. The van der Waals surface area contributed by atoms with Gasteiger partial charge in [0.05, 0.1) is 18.0 Å². The van der Waals surface area contributed by atoms with E-state index < -0.39 is 30.1 Å². The lowest BCUT2D eigenvalue weighted by molar-refractivity contribution is -0.148. The first-order valence-corrected chi connectivity index (χ1v) is 11.5. The predicted molar refractivity (Wildman–Crippen MR) is 123 cm³/mol. The standard InChI is InChI=1S/C26H26N2O6/c29-24(28-22-11-12-33-23(22)25(30)31)15-9-10-16(13-15)27-26(32)34-14-21-19-7-3-1-5-17(19)18-6-2-4-8-20(18)21/h1-10,15-16,21-23H,11-14H2,(H,27,32)(H,28,29)(H,30,31). The average Bonchev–Trinajstić information content (AvgIpc) is 3.56. The van der Waals surface area contributed by atoms with Gasteiger partial charge in [-0.3, -0.25) is 4.79 Å². The maximum atomic E-state index is 12.6. The quantitative estimate of drug-likeness (QED) is 0.569. The summed E-state index contributed by atoms with van der Waals surface area (Å²) >= 11 is 0. The number of rotatable bonds is 6. The highest BCUT2D eigenvalue weighted by molar-refractivity contribution is 5.83. The van der Waals surface area contributed by atoms with Crippen molar-refractivity contribution in [1.29, 1.82) is 0 Å². The zero-order chi connectivity index (χ0) is 23.7. The zero-order valence-electron chi connectivity index (χ0n) is 18.5. The van der Waals surface area contributed by atoms with E-state index in [4.69, 9.17) is 9.47 Å². The maximum absolute atomic E-state index is 12.6. The Kier molecular flexibility index (Phi) is 6.06. The van der Waals surface area contributed by atoms with Crippen LogP contribution in [0.1, 0.15) is 29.9 Å². The molecule has 0 bridgehead atoms. The summed E-state index contributed by atoms with van der Waals surface area (Å²) in [6.07, 6.45) is 2.79. The first-order valence-electron chi connectivity index (χ1n) is 11.5. The topological polar surface area (TPSA) is 114 Å². The van der Waals surface area contributed by atoms with Crippen molar-refractivity contribution in [2.45, 2.75) is 36.9 Å². The van der Waals surface area contributed by atoms with Crippen LogP contribution in [0.25, 0.3) is 11.1 Å². The van der Waals surface area contributed by atoms with E-state index in [1.165, 1.54) is 0 Å². The van der Waals surface area contributed by atoms with Gasteiger partial charge in [0.25, 0.3) is 0 Å². The number of aliphatic carboxylic acids is 1. The molecule has 0 radical (unpaired) electrons. The molecule has 2 aromatic carbocycles. The van der Waals surface area contributed by atoms with E-state index in [2.05, 4.69) is 34.9 Å². The van der Waals surface area contributed by atoms with Gasteiger partial charge in [-0.1, -0.05) is 60.7 Å². The summed E-state index contributed by atoms with van der Waals surface area (Å²) in [4.78, 5) is 36.3. The molecule has 2 amide bonds. The van der Waals surface area contributed by atoms with E-state index in [0.29, 0.717) is 19.4 Å². The van der Waals surface area contributed by atoms with Gasteiger partial charge in [0, 0.05) is 12.5 Å². The number of carbonyl (C=O) groups is 3. The van der Waals surface area contributed by atoms with Gasteiger partial charge >= 0.3 is 12.1 Å². The Hall–Kier alpha value is -3.65. The lowest BCUT2D eigenvalue weighted by atomic mass is 9.98. The molecule has 4 unspecified atom stereocenters. The molecule has 2 aliphatic carbocycles. The lowest BCUT2D eigenvalue weighted by Gasteiger charge is -2.19. The molecule has 0 aromatic heterocycles. The Bertz CT molecular complexity index is 1100. The van der Waals surface area contributed by atoms with Gasteiger partial charge < -0.3 is 25.2 Å². The number of alkyl carbamates (subject to hydrolysis) is 1. The number of nitrogens with one attached hydrogen (secondary N) is 2. The molecular weight excluding hydrogens is 436 g/mol. The van der Waals surface area contributed by atoms with Gasteiger partial charge in [0.15, 0.2) is 6.10 Å². The molecule has 1 heterocycles. The van der Waals surface area contributed by atoms with Gasteiger partial charge in [0.1, 0.15) is 6.61 Å². The van der Waals surface area contributed by atoms with E-state index >= 15 is 0 Å². The summed E-state index contributed by atoms with van der Waals surface area (Å²) in [5.41, 5.74) is 4.61. The van der Waals surface area contributed by atoms with E-state index in [1.807, 2.05) is 24.3 Å². The number of amides is 2. The molecule has 2 aromatic rings. The van der Waals surface area contributed by atoms with Crippen molar-refractivity contribution in [3.8, 4) is 11.1 Å². The number of ether oxygens (including phenoxy) is 2. The highest BCUT2D eigenvalue weighted by Crippen LogP contribution is 2.44. The lowest BCUT2D eigenvalue weighted by Crippen LogP contribution is -2.46. The summed E-state index contributed by atoms with van der Waals surface area (Å²) in [6, 6.07) is 15.4. The summed E-state index contributed by atoms with van der Waals surface area (Å²) in [5, 5.41) is 14.8. The van der Waals surface area contributed by atoms with Crippen LogP contribution in [-0.2, 0) is 19.1 Å². The van der Waals surface area contributed by atoms with Gasteiger partial charge in [-0.2, -0.15) is 0 Å². The van der Waals surface area contributed by atoms with Crippen LogP contribution in [0.2, 0.25) is 0 Å². The zero-order valence-corrected chi connectivity index (χ0v) is 18.5. The van der Waals surface area contributed by atoms with Crippen LogP contribution in [0.3, 0.4) is 0 Å². The summed E-state index contributed by atoms with van der Waals surface area (Å²) < 4.78 is 10.8. The molecule has 176 valence electrons. The Balaban J connectivity index is 1.13. The Morgan fingerprint density at radius 1 is 0.971 bits per heavy atom. The highest BCUT2D eigenvalue weighted by Gasteiger charge is 2.37. The molecule has 8 heteroatoms. The minimum atomic E-state index is -1.08. The molecule has 1 saturated heterocycles. The largest absolute Gasteiger partial charge is 0.479 e. The second-order valence-corrected chi connectivity index (χ2v) is 8.84. The number of hydrogen-bond acceptors (Lipinski definition) is 5. The second-order valence-electron chi connectivity index (χ2n) is 8.84. The predicted octanol–water partition coefficient (Wildman–Crippen LogP) is 2.83. The second kappa shape index (κ2) is 9.30. The van der Waals surface area contributed by atoms with Crippen molar-refractivity contribution in [2.75, 3.05) is 13.2 Å². The van der Waals surface area contributed by atoms with Crippen molar-refractivity contribution >= 4 is 18.0 Å². The molecule has 0 spiro atoms. The van der Waals surface area contributed by atoms with Crippen LogP contribution in [-0.4, -0.2) is 54.5 Å². The number of carboxylic acids is 1. The molecule has 4 atom stereocenters. The van der Waals surface area contributed by atoms with Crippen molar-refractivity contribution in [3.63, 3.8) is 0 Å². The number of carboxylic acid groups (broad SMARTS) is 1. The van der Waals surface area contributed by atoms with Crippen molar-refractivity contribution < 1.29 is 29.0 Å². The molecule has 1 fully saturated rings. The fraction of sp³-hybridized carbons (Fsp3) is 0.346. The van der Waals surface area contributed by atoms with Crippen LogP contribution < -0.4 is 10.6 Å². The molecule has 8 nitrogen and oxygen atoms in total. The van der Waals surface area contributed by atoms with Crippen molar-refractivity contribution in [1.82, 2.24) is 10.6 Å². The van der Waals surface area contributed by atoms with Crippen LogP contribution in [0.5, 0.6) is 0 Å². The molecule has 34 heavy (non-hydrogen) atoms. The number of carbonyl (C=O) groups excluding carboxylic acids is 2.